The van der Waals surface area contributed by atoms with Crippen LogP contribution in [0.1, 0.15) is 26.2 Å². The van der Waals surface area contributed by atoms with E-state index >= 15 is 0 Å². The second-order valence-corrected chi connectivity index (χ2v) is 9.21. The maximum atomic E-state index is 12.5. The minimum absolute atomic E-state index is 0.0659. The van der Waals surface area contributed by atoms with Gasteiger partial charge in [-0.15, -0.1) is 0 Å². The van der Waals surface area contributed by atoms with Gasteiger partial charge >= 0.3 is 0 Å². The first-order valence-electron chi connectivity index (χ1n) is 7.77. The highest BCUT2D eigenvalue weighted by molar-refractivity contribution is 7.89. The van der Waals surface area contributed by atoms with Crippen LogP contribution in [0.4, 0.5) is 5.13 Å². The number of fused-ring (bicyclic) bond motifs is 1. The lowest BCUT2D eigenvalue weighted by atomic mass is 10.2. The Hall–Kier alpha value is -1.22. The highest BCUT2D eigenvalue weighted by atomic mass is 35.5. The van der Waals surface area contributed by atoms with E-state index in [1.165, 1.54) is 15.6 Å². The van der Waals surface area contributed by atoms with E-state index in [4.69, 9.17) is 11.6 Å². The van der Waals surface area contributed by atoms with Crippen molar-refractivity contribution in [3.63, 3.8) is 0 Å². The Balaban J connectivity index is 1.77. The maximum absolute atomic E-state index is 12.5. The Labute approximate surface area is 149 Å². The summed E-state index contributed by atoms with van der Waals surface area (Å²) in [5.41, 5.74) is 0.751. The van der Waals surface area contributed by atoms with E-state index in [0.29, 0.717) is 36.0 Å². The van der Waals surface area contributed by atoms with Gasteiger partial charge in [-0.05, 0) is 37.5 Å². The fourth-order valence-electron chi connectivity index (χ4n) is 2.85. The molecule has 1 aromatic heterocycles. The number of benzene rings is 1. The first-order valence-corrected chi connectivity index (χ1v) is 10.6. The SMILES string of the molecule is CCCS(=O)(=O)N1CCC[C@H]1C(=O)Nc1nc2ccc(Cl)cc2s1. The molecule has 2 heterocycles. The van der Waals surface area contributed by atoms with Gasteiger partial charge in [0.1, 0.15) is 6.04 Å². The largest absolute Gasteiger partial charge is 0.301 e. The molecule has 9 heteroatoms. The summed E-state index contributed by atoms with van der Waals surface area (Å²) in [4.78, 5) is 16.9. The molecule has 6 nitrogen and oxygen atoms in total. The molecular weight excluding hydrogens is 370 g/mol. The Morgan fingerprint density at radius 2 is 2.29 bits per heavy atom. The van der Waals surface area contributed by atoms with Gasteiger partial charge in [-0.2, -0.15) is 4.31 Å². The standard InChI is InChI=1S/C15H18ClN3O3S2/c1-2-8-24(21,22)19-7-3-4-12(19)14(20)18-15-17-11-6-5-10(16)9-13(11)23-15/h5-6,9,12H,2-4,7-8H2,1H3,(H,17,18,20)/t12-/m0/s1. The number of anilines is 1. The molecule has 24 heavy (non-hydrogen) atoms. The molecule has 2 aromatic rings. The van der Waals surface area contributed by atoms with Crippen LogP contribution in [0.15, 0.2) is 18.2 Å². The third-order valence-corrected chi connectivity index (χ3v) is 7.15. The molecule has 3 rings (SSSR count). The Bertz CT molecular complexity index is 866. The van der Waals surface area contributed by atoms with Crippen molar-refractivity contribution in [2.45, 2.75) is 32.2 Å². The lowest BCUT2D eigenvalue weighted by molar-refractivity contribution is -0.119. The van der Waals surface area contributed by atoms with Crippen molar-refractivity contribution in [2.75, 3.05) is 17.6 Å². The van der Waals surface area contributed by atoms with Gasteiger partial charge in [0.25, 0.3) is 0 Å². The lowest BCUT2D eigenvalue weighted by Crippen LogP contribution is -2.43. The number of nitrogens with zero attached hydrogens (tertiary/aromatic N) is 2. The summed E-state index contributed by atoms with van der Waals surface area (Å²) in [5, 5.41) is 3.82. The Morgan fingerprint density at radius 3 is 3.04 bits per heavy atom. The minimum atomic E-state index is -3.39. The molecule has 0 saturated carbocycles. The summed E-state index contributed by atoms with van der Waals surface area (Å²) < 4.78 is 26.8. The predicted octanol–water partition coefficient (Wildman–Crippen LogP) is 3.09. The third-order valence-electron chi connectivity index (χ3n) is 3.91. The molecule has 1 aliphatic heterocycles. The second kappa shape index (κ2) is 6.95. The van der Waals surface area contributed by atoms with Gasteiger partial charge in [0.15, 0.2) is 5.13 Å². The van der Waals surface area contributed by atoms with Gasteiger partial charge < -0.3 is 5.32 Å². The number of hydrogen-bond acceptors (Lipinski definition) is 5. The zero-order chi connectivity index (χ0) is 17.3. The number of halogens is 1. The molecule has 1 aromatic carbocycles. The van der Waals surface area contributed by atoms with E-state index in [0.717, 1.165) is 10.2 Å². The fourth-order valence-corrected chi connectivity index (χ4v) is 5.74. The van der Waals surface area contributed by atoms with Gasteiger partial charge in [-0.25, -0.2) is 13.4 Å². The highest BCUT2D eigenvalue weighted by Gasteiger charge is 2.38. The molecule has 0 unspecified atom stereocenters. The second-order valence-electron chi connectivity index (χ2n) is 5.71. The minimum Gasteiger partial charge on any atom is -0.301 e. The first kappa shape index (κ1) is 17.6. The summed E-state index contributed by atoms with van der Waals surface area (Å²) in [6, 6.07) is 4.66. The van der Waals surface area contributed by atoms with Gasteiger partial charge in [0, 0.05) is 11.6 Å². The van der Waals surface area contributed by atoms with Crippen LogP contribution in [-0.4, -0.2) is 42.0 Å². The third kappa shape index (κ3) is 3.56. The average molecular weight is 388 g/mol. The molecule has 0 spiro atoms. The first-order chi connectivity index (χ1) is 11.4. The summed E-state index contributed by atoms with van der Waals surface area (Å²) >= 11 is 7.28. The molecule has 1 atom stereocenters. The Morgan fingerprint density at radius 1 is 1.50 bits per heavy atom. The van der Waals surface area contributed by atoms with Crippen molar-refractivity contribution < 1.29 is 13.2 Å². The number of carbonyl (C=O) groups excluding carboxylic acids is 1. The number of rotatable bonds is 5. The van der Waals surface area contributed by atoms with Crippen LogP contribution in [0, 0.1) is 0 Å². The fraction of sp³-hybridized carbons (Fsp3) is 0.467. The summed E-state index contributed by atoms with van der Waals surface area (Å²) in [5.74, 6) is -0.256. The van der Waals surface area contributed by atoms with Crippen molar-refractivity contribution >= 4 is 54.2 Å². The zero-order valence-corrected chi connectivity index (χ0v) is 15.5. The van der Waals surface area contributed by atoms with Crippen molar-refractivity contribution in [2.24, 2.45) is 0 Å². The zero-order valence-electron chi connectivity index (χ0n) is 13.2. The lowest BCUT2D eigenvalue weighted by Gasteiger charge is -2.22. The summed E-state index contributed by atoms with van der Waals surface area (Å²) in [6.45, 7) is 2.21. The van der Waals surface area contributed by atoms with E-state index in [9.17, 15) is 13.2 Å². The van der Waals surface area contributed by atoms with E-state index < -0.39 is 16.1 Å². The number of carbonyl (C=O) groups is 1. The molecule has 0 aliphatic carbocycles. The van der Waals surface area contributed by atoms with Crippen molar-refractivity contribution in [1.82, 2.24) is 9.29 Å². The topological polar surface area (TPSA) is 79.4 Å². The van der Waals surface area contributed by atoms with Crippen molar-refractivity contribution in [1.29, 1.82) is 0 Å². The number of thiazole rings is 1. The van der Waals surface area contributed by atoms with Crippen LogP contribution in [-0.2, 0) is 14.8 Å². The van der Waals surface area contributed by atoms with Gasteiger partial charge in [-0.1, -0.05) is 29.9 Å². The number of nitrogens with one attached hydrogen (secondary N) is 1. The van der Waals surface area contributed by atoms with Gasteiger partial charge in [0.2, 0.25) is 15.9 Å². The average Bonchev–Trinajstić information content (AvgIpc) is 3.12. The molecule has 1 fully saturated rings. The maximum Gasteiger partial charge on any atom is 0.244 e. The van der Waals surface area contributed by atoms with Crippen LogP contribution >= 0.6 is 22.9 Å². The number of amides is 1. The van der Waals surface area contributed by atoms with E-state index in [1.54, 1.807) is 18.2 Å². The van der Waals surface area contributed by atoms with Gasteiger partial charge in [-0.3, -0.25) is 4.79 Å². The van der Waals surface area contributed by atoms with Crippen molar-refractivity contribution in [3.8, 4) is 0 Å². The van der Waals surface area contributed by atoms with E-state index in [-0.39, 0.29) is 11.7 Å². The molecule has 0 bridgehead atoms. The molecule has 0 radical (unpaired) electrons. The van der Waals surface area contributed by atoms with E-state index in [2.05, 4.69) is 10.3 Å². The van der Waals surface area contributed by atoms with Crippen LogP contribution < -0.4 is 5.32 Å². The van der Waals surface area contributed by atoms with Crippen molar-refractivity contribution in [3.05, 3.63) is 23.2 Å². The van der Waals surface area contributed by atoms with Crippen LogP contribution in [0.5, 0.6) is 0 Å². The summed E-state index contributed by atoms with van der Waals surface area (Å²) in [6.07, 6.45) is 1.76. The quantitative estimate of drug-likeness (QED) is 0.854. The molecule has 130 valence electrons. The predicted molar refractivity (Wildman–Crippen MR) is 97.1 cm³/mol. The molecular formula is C15H18ClN3O3S2. The molecule has 1 amide bonds. The number of aromatic nitrogens is 1. The molecule has 1 aliphatic rings. The monoisotopic (exact) mass is 387 g/mol. The van der Waals surface area contributed by atoms with Gasteiger partial charge in [0.05, 0.1) is 16.0 Å². The highest BCUT2D eigenvalue weighted by Crippen LogP contribution is 2.29. The molecule has 1 N–H and O–H groups in total. The Kier molecular flexibility index (Phi) is 5.10. The van der Waals surface area contributed by atoms with Crippen LogP contribution in [0.3, 0.4) is 0 Å². The van der Waals surface area contributed by atoms with E-state index in [1.807, 2.05) is 6.92 Å². The smallest absolute Gasteiger partial charge is 0.244 e. The van der Waals surface area contributed by atoms with Crippen LogP contribution in [0.2, 0.25) is 5.02 Å². The van der Waals surface area contributed by atoms with Crippen LogP contribution in [0.25, 0.3) is 10.2 Å². The summed E-state index contributed by atoms with van der Waals surface area (Å²) in [7, 11) is -3.39. The molecule has 1 saturated heterocycles. The number of sulfonamides is 1. The number of hydrogen-bond donors (Lipinski definition) is 1. The normalized spacial score (nSPS) is 19.0.